The lowest BCUT2D eigenvalue weighted by atomic mass is 9.36. The zero-order valence-electron chi connectivity index (χ0n) is 14.0. The Bertz CT molecular complexity index is 892. The van der Waals surface area contributed by atoms with Gasteiger partial charge in [-0.05, 0) is 11.1 Å². The lowest BCUT2D eigenvalue weighted by Crippen LogP contribution is -2.52. The fourth-order valence-electron chi connectivity index (χ4n) is 3.47. The van der Waals surface area contributed by atoms with Crippen molar-refractivity contribution in [2.24, 2.45) is 0 Å². The molecular weight excluding hydrogens is 299 g/mol. The molecule has 0 fully saturated rings. The van der Waals surface area contributed by atoms with E-state index in [1.54, 1.807) is 0 Å². The van der Waals surface area contributed by atoms with Gasteiger partial charge in [-0.1, -0.05) is 132 Å². The van der Waals surface area contributed by atoms with Gasteiger partial charge in [-0.2, -0.15) is 0 Å². The molecular formula is C24H19B. The molecule has 0 heterocycles. The lowest BCUT2D eigenvalue weighted by Gasteiger charge is -2.19. The Kier molecular flexibility index (Phi) is 4.47. The summed E-state index contributed by atoms with van der Waals surface area (Å²) >= 11 is 0. The van der Waals surface area contributed by atoms with Crippen molar-refractivity contribution in [1.29, 1.82) is 0 Å². The quantitative estimate of drug-likeness (QED) is 0.501. The van der Waals surface area contributed by atoms with Gasteiger partial charge >= 0.3 is 0 Å². The maximum atomic E-state index is 2.26. The molecule has 4 rings (SSSR count). The van der Waals surface area contributed by atoms with Crippen LogP contribution in [0.25, 0.3) is 11.1 Å². The van der Waals surface area contributed by atoms with E-state index in [-0.39, 0.29) is 6.71 Å². The highest BCUT2D eigenvalue weighted by atomic mass is 14.1. The van der Waals surface area contributed by atoms with Gasteiger partial charge in [0.15, 0.2) is 0 Å². The molecule has 4 aromatic rings. The molecule has 0 bridgehead atoms. The largest absolute Gasteiger partial charge is 0.241 e. The predicted molar refractivity (Wildman–Crippen MR) is 109 cm³/mol. The Morgan fingerprint density at radius 2 is 0.840 bits per heavy atom. The van der Waals surface area contributed by atoms with E-state index in [0.29, 0.717) is 0 Å². The highest BCUT2D eigenvalue weighted by Gasteiger charge is 2.23. The number of rotatable bonds is 4. The first-order valence-electron chi connectivity index (χ1n) is 8.68. The zero-order valence-corrected chi connectivity index (χ0v) is 14.0. The summed E-state index contributed by atoms with van der Waals surface area (Å²) in [6, 6.07) is 40.9. The second-order valence-corrected chi connectivity index (χ2v) is 6.21. The van der Waals surface area contributed by atoms with Gasteiger partial charge in [-0.3, -0.25) is 0 Å². The average molecular weight is 318 g/mol. The monoisotopic (exact) mass is 318 g/mol. The van der Waals surface area contributed by atoms with Crippen LogP contribution in [-0.4, -0.2) is 6.71 Å². The molecule has 0 aliphatic carbocycles. The van der Waals surface area contributed by atoms with Gasteiger partial charge in [0.05, 0.1) is 0 Å². The van der Waals surface area contributed by atoms with Crippen molar-refractivity contribution in [3.8, 4) is 11.1 Å². The summed E-state index contributed by atoms with van der Waals surface area (Å²) in [5, 5.41) is 0. The van der Waals surface area contributed by atoms with Crippen LogP contribution in [0, 0.1) is 0 Å². The standard InChI is InChI=1S/C24H19B/c1-4-12-20(13-5-1)23-18-10-11-19-24(23)25(21-14-6-2-7-15-21)22-16-8-3-9-17-22/h1-19H. The molecule has 0 amide bonds. The minimum absolute atomic E-state index is 0.221. The molecule has 1 heteroatoms. The molecule has 0 aromatic heterocycles. The van der Waals surface area contributed by atoms with E-state index in [9.17, 15) is 0 Å². The molecule has 0 nitrogen and oxygen atoms in total. The van der Waals surface area contributed by atoms with E-state index < -0.39 is 0 Å². The number of hydrogen-bond acceptors (Lipinski definition) is 0. The summed E-state index contributed by atoms with van der Waals surface area (Å²) in [6.45, 7) is 0.221. The highest BCUT2D eigenvalue weighted by Crippen LogP contribution is 2.17. The van der Waals surface area contributed by atoms with E-state index >= 15 is 0 Å². The van der Waals surface area contributed by atoms with E-state index in [1.165, 1.54) is 27.5 Å². The first-order valence-corrected chi connectivity index (χ1v) is 8.68. The van der Waals surface area contributed by atoms with Crippen LogP contribution in [0.2, 0.25) is 0 Å². The second-order valence-electron chi connectivity index (χ2n) is 6.21. The SMILES string of the molecule is c1ccc(B(c2ccccc2)c2ccccc2-c2ccccc2)cc1. The third kappa shape index (κ3) is 3.27. The molecule has 0 radical (unpaired) electrons. The van der Waals surface area contributed by atoms with Crippen LogP contribution in [0.1, 0.15) is 0 Å². The van der Waals surface area contributed by atoms with Crippen LogP contribution < -0.4 is 16.4 Å². The number of benzene rings is 4. The Balaban J connectivity index is 1.93. The van der Waals surface area contributed by atoms with Gasteiger partial charge < -0.3 is 0 Å². The second kappa shape index (κ2) is 7.23. The summed E-state index contributed by atoms with van der Waals surface area (Å²) in [4.78, 5) is 0. The Labute approximate surface area is 149 Å². The van der Waals surface area contributed by atoms with Crippen molar-refractivity contribution in [1.82, 2.24) is 0 Å². The molecule has 118 valence electrons. The van der Waals surface area contributed by atoms with Gasteiger partial charge in [-0.15, -0.1) is 0 Å². The van der Waals surface area contributed by atoms with Crippen LogP contribution >= 0.6 is 0 Å². The van der Waals surface area contributed by atoms with E-state index in [4.69, 9.17) is 0 Å². The average Bonchev–Trinajstić information content (AvgIpc) is 2.71. The van der Waals surface area contributed by atoms with Crippen LogP contribution in [-0.2, 0) is 0 Å². The third-order valence-corrected chi connectivity index (χ3v) is 4.62. The number of hydrogen-bond donors (Lipinski definition) is 0. The predicted octanol–water partition coefficient (Wildman–Crippen LogP) is 3.87. The first kappa shape index (κ1) is 15.5. The maximum Gasteiger partial charge on any atom is 0.241 e. The Morgan fingerprint density at radius 1 is 0.400 bits per heavy atom. The van der Waals surface area contributed by atoms with Crippen molar-refractivity contribution in [2.75, 3.05) is 0 Å². The van der Waals surface area contributed by atoms with E-state index in [1.807, 2.05) is 0 Å². The molecule has 0 spiro atoms. The van der Waals surface area contributed by atoms with Crippen LogP contribution in [0.3, 0.4) is 0 Å². The first-order chi connectivity index (χ1) is 12.4. The van der Waals surface area contributed by atoms with Gasteiger partial charge in [0.2, 0.25) is 6.71 Å². The van der Waals surface area contributed by atoms with Crippen molar-refractivity contribution >= 4 is 23.1 Å². The van der Waals surface area contributed by atoms with Crippen LogP contribution in [0.5, 0.6) is 0 Å². The molecule has 0 N–H and O–H groups in total. The molecule has 0 aliphatic heterocycles. The molecule has 0 saturated carbocycles. The Hall–Kier alpha value is -3.06. The van der Waals surface area contributed by atoms with E-state index in [2.05, 4.69) is 115 Å². The summed E-state index contributed by atoms with van der Waals surface area (Å²) in [6.07, 6.45) is 0. The molecule has 4 aromatic carbocycles. The van der Waals surface area contributed by atoms with Crippen molar-refractivity contribution in [2.45, 2.75) is 0 Å². The molecule has 25 heavy (non-hydrogen) atoms. The molecule has 0 aliphatic rings. The van der Waals surface area contributed by atoms with Crippen molar-refractivity contribution in [3.05, 3.63) is 115 Å². The van der Waals surface area contributed by atoms with Crippen molar-refractivity contribution < 1.29 is 0 Å². The summed E-state index contributed by atoms with van der Waals surface area (Å²) in [5.41, 5.74) is 6.52. The summed E-state index contributed by atoms with van der Waals surface area (Å²) in [7, 11) is 0. The fraction of sp³-hybridized carbons (Fsp3) is 0. The molecule has 0 saturated heterocycles. The Morgan fingerprint density at radius 3 is 1.40 bits per heavy atom. The maximum absolute atomic E-state index is 2.26. The lowest BCUT2D eigenvalue weighted by molar-refractivity contribution is 1.64. The van der Waals surface area contributed by atoms with E-state index in [0.717, 1.165) is 0 Å². The third-order valence-electron chi connectivity index (χ3n) is 4.62. The fourth-order valence-corrected chi connectivity index (χ4v) is 3.47. The van der Waals surface area contributed by atoms with Gasteiger partial charge in [0, 0.05) is 0 Å². The zero-order chi connectivity index (χ0) is 16.9. The van der Waals surface area contributed by atoms with Crippen LogP contribution in [0.4, 0.5) is 0 Å². The smallest absolute Gasteiger partial charge is 0.0686 e. The minimum atomic E-state index is 0.221. The molecule has 0 atom stereocenters. The topological polar surface area (TPSA) is 0 Å². The molecule has 0 unspecified atom stereocenters. The van der Waals surface area contributed by atoms with Crippen LogP contribution in [0.15, 0.2) is 115 Å². The van der Waals surface area contributed by atoms with Gasteiger partial charge in [0.1, 0.15) is 0 Å². The summed E-state index contributed by atoms with van der Waals surface area (Å²) < 4.78 is 0. The summed E-state index contributed by atoms with van der Waals surface area (Å²) in [5.74, 6) is 0. The van der Waals surface area contributed by atoms with Gasteiger partial charge in [0.25, 0.3) is 0 Å². The van der Waals surface area contributed by atoms with Crippen molar-refractivity contribution in [3.63, 3.8) is 0 Å². The minimum Gasteiger partial charge on any atom is -0.0686 e. The van der Waals surface area contributed by atoms with Gasteiger partial charge in [-0.25, -0.2) is 0 Å². The highest BCUT2D eigenvalue weighted by molar-refractivity contribution is 6.96. The normalized spacial score (nSPS) is 10.4.